The van der Waals surface area contributed by atoms with Gasteiger partial charge in [0.1, 0.15) is 0 Å². The predicted octanol–water partition coefficient (Wildman–Crippen LogP) is 8.52. The van der Waals surface area contributed by atoms with Gasteiger partial charge in [-0.1, -0.05) is 86.0 Å². The Labute approximate surface area is 177 Å². The molecule has 0 aliphatic rings. The van der Waals surface area contributed by atoms with E-state index in [4.69, 9.17) is 0 Å². The van der Waals surface area contributed by atoms with Crippen LogP contribution in [0.2, 0.25) is 0 Å². The Kier molecular flexibility index (Phi) is 5.29. The fourth-order valence-corrected chi connectivity index (χ4v) is 3.69. The van der Waals surface area contributed by atoms with Crippen molar-refractivity contribution in [3.63, 3.8) is 0 Å². The minimum atomic E-state index is 1.09. The van der Waals surface area contributed by atoms with Crippen molar-refractivity contribution in [2.24, 2.45) is 0 Å². The number of rotatable bonds is 3. The van der Waals surface area contributed by atoms with Crippen LogP contribution in [0.5, 0.6) is 0 Å². The summed E-state index contributed by atoms with van der Waals surface area (Å²) in [6.45, 7) is 2.12. The van der Waals surface area contributed by atoms with Gasteiger partial charge < -0.3 is 0 Å². The lowest BCUT2D eigenvalue weighted by atomic mass is 9.93. The van der Waals surface area contributed by atoms with E-state index in [1.807, 2.05) is 0 Å². The SMILES string of the molecule is Cc1ccc(-c2cc(-c3ccc(Br)cc3)cc(-c3ccc(Br)cc3)c2)cc1. The Morgan fingerprint density at radius 2 is 0.704 bits per heavy atom. The molecule has 0 radical (unpaired) electrons. The van der Waals surface area contributed by atoms with Crippen molar-refractivity contribution < 1.29 is 0 Å². The number of aryl methyl sites for hydroxylation is 1. The lowest BCUT2D eigenvalue weighted by Gasteiger charge is -2.12. The Morgan fingerprint density at radius 1 is 0.407 bits per heavy atom. The molecule has 0 N–H and O–H groups in total. The van der Waals surface area contributed by atoms with E-state index in [-0.39, 0.29) is 0 Å². The molecule has 0 bridgehead atoms. The van der Waals surface area contributed by atoms with Gasteiger partial charge in [0.25, 0.3) is 0 Å². The van der Waals surface area contributed by atoms with Crippen molar-refractivity contribution in [1.29, 1.82) is 0 Å². The first-order chi connectivity index (χ1) is 13.1. The molecule has 0 atom stereocenters. The molecule has 0 aliphatic heterocycles. The van der Waals surface area contributed by atoms with Gasteiger partial charge in [-0.15, -0.1) is 0 Å². The van der Waals surface area contributed by atoms with Crippen LogP contribution < -0.4 is 0 Å². The van der Waals surface area contributed by atoms with E-state index < -0.39 is 0 Å². The van der Waals surface area contributed by atoms with E-state index in [2.05, 4.69) is 130 Å². The van der Waals surface area contributed by atoms with Crippen molar-refractivity contribution >= 4 is 31.9 Å². The molecular formula is C25H18Br2. The van der Waals surface area contributed by atoms with Crippen LogP contribution in [0, 0.1) is 6.92 Å². The minimum Gasteiger partial charge on any atom is -0.0587 e. The topological polar surface area (TPSA) is 0 Å². The van der Waals surface area contributed by atoms with Gasteiger partial charge >= 0.3 is 0 Å². The molecule has 0 unspecified atom stereocenters. The number of benzene rings is 4. The maximum atomic E-state index is 3.53. The van der Waals surface area contributed by atoms with Crippen molar-refractivity contribution in [1.82, 2.24) is 0 Å². The average molecular weight is 478 g/mol. The Morgan fingerprint density at radius 3 is 1.04 bits per heavy atom. The molecule has 0 amide bonds. The first-order valence-electron chi connectivity index (χ1n) is 8.82. The highest BCUT2D eigenvalue weighted by Gasteiger charge is 2.08. The standard InChI is InChI=1S/C25H18Br2/c1-17-2-4-18(5-3-17)21-14-22(19-6-10-24(26)11-7-19)16-23(15-21)20-8-12-25(27)13-9-20/h2-16H,1H3. The van der Waals surface area contributed by atoms with E-state index >= 15 is 0 Å². The fraction of sp³-hybridized carbons (Fsp3) is 0.0400. The Balaban J connectivity index is 1.89. The second-order valence-electron chi connectivity index (χ2n) is 6.68. The average Bonchev–Trinajstić information content (AvgIpc) is 2.69. The van der Waals surface area contributed by atoms with Crippen LogP contribution in [-0.4, -0.2) is 0 Å². The summed E-state index contributed by atoms with van der Waals surface area (Å²) in [5.41, 5.74) is 8.61. The second-order valence-corrected chi connectivity index (χ2v) is 8.51. The highest BCUT2D eigenvalue weighted by atomic mass is 79.9. The van der Waals surface area contributed by atoms with Crippen molar-refractivity contribution in [2.45, 2.75) is 6.92 Å². The molecule has 2 heteroatoms. The van der Waals surface area contributed by atoms with Crippen LogP contribution in [0.3, 0.4) is 0 Å². The molecule has 0 spiro atoms. The molecule has 27 heavy (non-hydrogen) atoms. The van der Waals surface area contributed by atoms with E-state index in [9.17, 15) is 0 Å². The van der Waals surface area contributed by atoms with Gasteiger partial charge in [0.15, 0.2) is 0 Å². The smallest absolute Gasteiger partial charge is 0.0175 e. The summed E-state index contributed by atoms with van der Waals surface area (Å²) in [4.78, 5) is 0. The molecular weight excluding hydrogens is 460 g/mol. The zero-order chi connectivity index (χ0) is 18.8. The summed E-state index contributed by atoms with van der Waals surface area (Å²) >= 11 is 7.06. The third-order valence-electron chi connectivity index (χ3n) is 4.67. The van der Waals surface area contributed by atoms with E-state index in [0.29, 0.717) is 0 Å². The first-order valence-corrected chi connectivity index (χ1v) is 10.4. The first kappa shape index (κ1) is 18.2. The fourth-order valence-electron chi connectivity index (χ4n) is 3.16. The molecule has 0 aliphatic carbocycles. The molecule has 0 saturated heterocycles. The van der Waals surface area contributed by atoms with Crippen LogP contribution in [-0.2, 0) is 0 Å². The summed E-state index contributed by atoms with van der Waals surface area (Å²) in [7, 11) is 0. The Bertz CT molecular complexity index is 907. The number of hydrogen-bond acceptors (Lipinski definition) is 0. The molecule has 0 heterocycles. The summed E-state index contributed by atoms with van der Waals surface area (Å²) in [5, 5.41) is 0. The van der Waals surface area contributed by atoms with E-state index in [0.717, 1.165) is 8.95 Å². The van der Waals surface area contributed by atoms with Crippen LogP contribution in [0.15, 0.2) is 99.9 Å². The summed E-state index contributed by atoms with van der Waals surface area (Å²) in [6, 6.07) is 32.5. The van der Waals surface area contributed by atoms with Gasteiger partial charge in [0.2, 0.25) is 0 Å². The van der Waals surface area contributed by atoms with E-state index in [1.54, 1.807) is 0 Å². The van der Waals surface area contributed by atoms with Gasteiger partial charge in [0, 0.05) is 8.95 Å². The number of hydrogen-bond donors (Lipinski definition) is 0. The maximum absolute atomic E-state index is 3.53. The largest absolute Gasteiger partial charge is 0.0587 e. The zero-order valence-corrected chi connectivity index (χ0v) is 18.1. The van der Waals surface area contributed by atoms with Crippen LogP contribution >= 0.6 is 31.9 Å². The molecule has 132 valence electrons. The predicted molar refractivity (Wildman–Crippen MR) is 123 cm³/mol. The highest BCUT2D eigenvalue weighted by Crippen LogP contribution is 2.33. The molecule has 0 aromatic heterocycles. The maximum Gasteiger partial charge on any atom is 0.0175 e. The van der Waals surface area contributed by atoms with Gasteiger partial charge in [0.05, 0.1) is 0 Å². The van der Waals surface area contributed by atoms with Gasteiger partial charge in [-0.25, -0.2) is 0 Å². The van der Waals surface area contributed by atoms with Crippen LogP contribution in [0.25, 0.3) is 33.4 Å². The zero-order valence-electron chi connectivity index (χ0n) is 14.9. The monoisotopic (exact) mass is 476 g/mol. The molecule has 4 rings (SSSR count). The van der Waals surface area contributed by atoms with Crippen LogP contribution in [0.4, 0.5) is 0 Å². The Hall–Kier alpha value is -2.16. The molecule has 0 nitrogen and oxygen atoms in total. The second kappa shape index (κ2) is 7.84. The van der Waals surface area contributed by atoms with Crippen molar-refractivity contribution in [2.75, 3.05) is 0 Å². The minimum absolute atomic E-state index is 1.09. The summed E-state index contributed by atoms with van der Waals surface area (Å²) < 4.78 is 2.18. The quantitative estimate of drug-likeness (QED) is 0.277. The van der Waals surface area contributed by atoms with Crippen LogP contribution in [0.1, 0.15) is 5.56 Å². The third-order valence-corrected chi connectivity index (χ3v) is 5.73. The van der Waals surface area contributed by atoms with Gasteiger partial charge in [-0.05, 0) is 82.8 Å². The number of halogens is 2. The summed E-state index contributed by atoms with van der Waals surface area (Å²) in [6.07, 6.45) is 0. The van der Waals surface area contributed by atoms with Crippen molar-refractivity contribution in [3.8, 4) is 33.4 Å². The summed E-state index contributed by atoms with van der Waals surface area (Å²) in [5.74, 6) is 0. The van der Waals surface area contributed by atoms with Crippen molar-refractivity contribution in [3.05, 3.63) is 106 Å². The van der Waals surface area contributed by atoms with Gasteiger partial charge in [-0.3, -0.25) is 0 Å². The third kappa shape index (κ3) is 4.23. The molecule has 4 aromatic carbocycles. The lowest BCUT2D eigenvalue weighted by molar-refractivity contribution is 1.47. The highest BCUT2D eigenvalue weighted by molar-refractivity contribution is 9.10. The normalized spacial score (nSPS) is 10.8. The lowest BCUT2D eigenvalue weighted by Crippen LogP contribution is -1.86. The van der Waals surface area contributed by atoms with E-state index in [1.165, 1.54) is 38.9 Å². The van der Waals surface area contributed by atoms with Gasteiger partial charge in [-0.2, -0.15) is 0 Å². The molecule has 0 fully saturated rings. The molecule has 0 saturated carbocycles. The molecule has 4 aromatic rings.